The average Bonchev–Trinajstić information content (AvgIpc) is 2.21. The predicted molar refractivity (Wildman–Crippen MR) is 48.8 cm³/mol. The van der Waals surface area contributed by atoms with Gasteiger partial charge in [-0.3, -0.25) is 19.6 Å². The van der Waals surface area contributed by atoms with Crippen molar-refractivity contribution in [3.8, 4) is 17.0 Å². The minimum Gasteiger partial charge on any atom is -0.503 e. The van der Waals surface area contributed by atoms with Gasteiger partial charge in [0.25, 0.3) is 5.43 Å². The lowest BCUT2D eigenvalue weighted by Crippen LogP contribution is -2.32. The molecule has 1 aromatic carbocycles. The molecule has 0 atom stereocenters. The fourth-order valence-corrected chi connectivity index (χ4v) is 1.14. The van der Waals surface area contributed by atoms with Crippen molar-refractivity contribution in [2.75, 3.05) is 0 Å². The molecule has 1 aromatic heterocycles. The van der Waals surface area contributed by atoms with Crippen molar-refractivity contribution in [1.29, 1.82) is 0 Å². The highest BCUT2D eigenvalue weighted by atomic mass is 16.3. The molecule has 0 aliphatic heterocycles. The fraction of sp³-hybridized carbons (Fsp3) is 0.111. The molecule has 2 rings (SSSR count). The maximum Gasteiger partial charge on any atom is 0.268 e. The summed E-state index contributed by atoms with van der Waals surface area (Å²) in [7, 11) is 0. The number of rotatable bonds is 1. The van der Waals surface area contributed by atoms with Gasteiger partial charge in [-0.15, -0.1) is 0 Å². The molecule has 0 spiro atoms. The molecule has 0 amide bonds. The lowest BCUT2D eigenvalue weighted by Gasteiger charge is -2.03. The van der Waals surface area contributed by atoms with E-state index in [0.29, 0.717) is 5.69 Å². The van der Waals surface area contributed by atoms with Crippen LogP contribution in [0, 0.1) is 6.92 Å². The van der Waals surface area contributed by atoms with Gasteiger partial charge < -0.3 is 5.11 Å². The summed E-state index contributed by atoms with van der Waals surface area (Å²) in [5, 5.41) is 9.11. The maximum atomic E-state index is 11.0. The number of hydrogen-bond acceptors (Lipinski definition) is 5. The van der Waals surface area contributed by atoms with E-state index in [9.17, 15) is 9.59 Å². The van der Waals surface area contributed by atoms with Gasteiger partial charge >= 0.3 is 0 Å². The van der Waals surface area contributed by atoms with Crippen LogP contribution in [0.5, 0.6) is 5.75 Å². The summed E-state index contributed by atoms with van der Waals surface area (Å²) in [5.41, 5.74) is -0.671. The Kier molecular flexibility index (Phi) is 1.67. The Balaban J connectivity index is 2.58. The molecule has 1 heterocycles. The third-order valence-corrected chi connectivity index (χ3v) is 1.92. The smallest absolute Gasteiger partial charge is 0.268 e. The third-order valence-electron chi connectivity index (χ3n) is 1.92. The van der Waals surface area contributed by atoms with Crippen LogP contribution < -0.4 is 10.9 Å². The van der Waals surface area contributed by atoms with Crippen LogP contribution in [0.25, 0.3) is 11.3 Å². The third kappa shape index (κ3) is 1.02. The zero-order valence-corrected chi connectivity index (χ0v) is 7.31. The minimum atomic E-state index is -0.859. The van der Waals surface area contributed by atoms with Gasteiger partial charge in [-0.25, -0.2) is 0 Å². The molecule has 0 fully saturated rings. The molecular formula is C9H6N2O3. The Hall–Kier alpha value is -2.04. The molecule has 70 valence electrons. The maximum absolute atomic E-state index is 11.0. The molecule has 0 aliphatic carbocycles. The summed E-state index contributed by atoms with van der Waals surface area (Å²) in [6.07, 6.45) is 2.82. The second-order valence-corrected chi connectivity index (χ2v) is 2.92. The summed E-state index contributed by atoms with van der Waals surface area (Å²) in [5.74, 6) is -0.520. The van der Waals surface area contributed by atoms with Gasteiger partial charge in [-0.1, -0.05) is 0 Å². The molecule has 1 N–H and O–H groups in total. The number of aromatic hydroxyl groups is 1. The number of aromatic nitrogens is 2. The van der Waals surface area contributed by atoms with Crippen molar-refractivity contribution in [2.24, 2.45) is 0 Å². The second kappa shape index (κ2) is 2.73. The van der Waals surface area contributed by atoms with Gasteiger partial charge in [-0.2, -0.15) is 0 Å². The Labute approximate surface area is 78.4 Å². The molecule has 0 bridgehead atoms. The van der Waals surface area contributed by atoms with Crippen LogP contribution in [0.2, 0.25) is 0 Å². The second-order valence-electron chi connectivity index (χ2n) is 2.92. The van der Waals surface area contributed by atoms with E-state index in [4.69, 9.17) is 5.11 Å². The average molecular weight is 190 g/mol. The molecule has 0 saturated carbocycles. The first-order valence-corrected chi connectivity index (χ1v) is 3.92. The monoisotopic (exact) mass is 190 g/mol. The molecule has 0 saturated heterocycles. The van der Waals surface area contributed by atoms with Gasteiger partial charge in [0, 0.05) is 6.20 Å². The Bertz CT molecular complexity index is 550. The van der Waals surface area contributed by atoms with E-state index in [2.05, 4.69) is 9.97 Å². The highest BCUT2D eigenvalue weighted by Crippen LogP contribution is 2.20. The van der Waals surface area contributed by atoms with Crippen LogP contribution >= 0.6 is 0 Å². The van der Waals surface area contributed by atoms with Crippen molar-refractivity contribution < 1.29 is 5.11 Å². The number of hydrogen-bond donors (Lipinski definition) is 1. The SMILES string of the molecule is Cc1cnc(-c2c(O)c(=O)c2=O)cn1. The van der Waals surface area contributed by atoms with Crippen molar-refractivity contribution in [2.45, 2.75) is 6.92 Å². The van der Waals surface area contributed by atoms with Crippen LogP contribution in [0.3, 0.4) is 0 Å². The van der Waals surface area contributed by atoms with Crippen molar-refractivity contribution in [3.05, 3.63) is 38.5 Å². The largest absolute Gasteiger partial charge is 0.503 e. The van der Waals surface area contributed by atoms with E-state index in [0.717, 1.165) is 0 Å². The summed E-state index contributed by atoms with van der Waals surface area (Å²) in [6, 6.07) is 0. The van der Waals surface area contributed by atoms with E-state index in [1.54, 1.807) is 6.92 Å². The van der Waals surface area contributed by atoms with E-state index < -0.39 is 16.6 Å². The first-order valence-electron chi connectivity index (χ1n) is 3.92. The Morgan fingerprint density at radius 3 is 2.36 bits per heavy atom. The fourth-order valence-electron chi connectivity index (χ4n) is 1.14. The summed E-state index contributed by atoms with van der Waals surface area (Å²) < 4.78 is 0. The number of nitrogens with zero attached hydrogens (tertiary/aromatic N) is 2. The van der Waals surface area contributed by atoms with E-state index in [-0.39, 0.29) is 11.3 Å². The summed E-state index contributed by atoms with van der Waals surface area (Å²) >= 11 is 0. The highest BCUT2D eigenvalue weighted by molar-refractivity contribution is 5.69. The van der Waals surface area contributed by atoms with Gasteiger partial charge in [-0.05, 0) is 6.92 Å². The molecular weight excluding hydrogens is 184 g/mol. The van der Waals surface area contributed by atoms with E-state index >= 15 is 0 Å². The quantitative estimate of drug-likeness (QED) is 0.627. The summed E-state index contributed by atoms with van der Waals surface area (Å²) in [6.45, 7) is 1.75. The first-order chi connectivity index (χ1) is 6.61. The number of aryl methyl sites for hydroxylation is 1. The van der Waals surface area contributed by atoms with Crippen molar-refractivity contribution >= 4 is 0 Å². The Morgan fingerprint density at radius 1 is 1.14 bits per heavy atom. The highest BCUT2D eigenvalue weighted by Gasteiger charge is 2.22. The zero-order valence-electron chi connectivity index (χ0n) is 7.31. The minimum absolute atomic E-state index is 0.0394. The molecule has 0 radical (unpaired) electrons. The zero-order chi connectivity index (χ0) is 10.3. The molecule has 2 aromatic rings. The first kappa shape index (κ1) is 8.55. The molecule has 5 nitrogen and oxygen atoms in total. The van der Waals surface area contributed by atoms with Crippen LogP contribution in [0.1, 0.15) is 5.69 Å². The Morgan fingerprint density at radius 2 is 1.86 bits per heavy atom. The molecule has 14 heavy (non-hydrogen) atoms. The molecule has 0 unspecified atom stereocenters. The van der Waals surface area contributed by atoms with Crippen molar-refractivity contribution in [3.63, 3.8) is 0 Å². The van der Waals surface area contributed by atoms with Crippen LogP contribution in [0.15, 0.2) is 22.0 Å². The summed E-state index contributed by atoms with van der Waals surface area (Å²) in [4.78, 5) is 29.5. The van der Waals surface area contributed by atoms with Gasteiger partial charge in [0.2, 0.25) is 5.43 Å². The van der Waals surface area contributed by atoms with Crippen LogP contribution in [-0.2, 0) is 0 Å². The van der Waals surface area contributed by atoms with Crippen LogP contribution in [0.4, 0.5) is 0 Å². The van der Waals surface area contributed by atoms with Crippen molar-refractivity contribution in [1.82, 2.24) is 9.97 Å². The molecule has 5 heteroatoms. The van der Waals surface area contributed by atoms with Gasteiger partial charge in [0.15, 0.2) is 5.75 Å². The van der Waals surface area contributed by atoms with Crippen LogP contribution in [-0.4, -0.2) is 15.1 Å². The van der Waals surface area contributed by atoms with Gasteiger partial charge in [0.1, 0.15) is 0 Å². The van der Waals surface area contributed by atoms with Gasteiger partial charge in [0.05, 0.1) is 23.1 Å². The predicted octanol–water partition coefficient (Wildman–Crippen LogP) is -0.246. The van der Waals surface area contributed by atoms with E-state index in [1.165, 1.54) is 12.4 Å². The topological polar surface area (TPSA) is 80.2 Å². The standard InChI is InChI=1S/C9H6N2O3/c1-4-2-11-5(3-10-4)6-7(12)9(14)8(6)13/h2-3,12H,1H3. The molecule has 0 aliphatic rings. The normalized spacial score (nSPS) is 10.6. The lowest BCUT2D eigenvalue weighted by molar-refractivity contribution is 0.465. The lowest BCUT2D eigenvalue weighted by atomic mass is 10.1. The van der Waals surface area contributed by atoms with E-state index in [1.807, 2.05) is 0 Å².